The van der Waals surface area contributed by atoms with Gasteiger partial charge in [-0.2, -0.15) is 0 Å². The van der Waals surface area contributed by atoms with Gasteiger partial charge in [0.1, 0.15) is 5.82 Å². The largest absolute Gasteiger partial charge is 0.342 e. The molecule has 1 aromatic heterocycles. The Morgan fingerprint density at radius 1 is 1.25 bits per heavy atom. The molecule has 4 nitrogen and oxygen atoms in total. The number of aryl methyl sites for hydroxylation is 3. The minimum Gasteiger partial charge on any atom is -0.342 e. The molecule has 0 atom stereocenters. The summed E-state index contributed by atoms with van der Waals surface area (Å²) < 4.78 is 0. The van der Waals surface area contributed by atoms with Crippen molar-refractivity contribution >= 4 is 34.2 Å². The second-order valence-corrected chi connectivity index (χ2v) is 6.31. The van der Waals surface area contributed by atoms with Gasteiger partial charge in [0.2, 0.25) is 5.91 Å². The summed E-state index contributed by atoms with van der Waals surface area (Å²) in [5.41, 5.74) is 4.83. The monoisotopic (exact) mass is 341 g/mol. The maximum Gasteiger partial charge on any atom is 0.224 e. The minimum atomic E-state index is -0.0196. The summed E-state index contributed by atoms with van der Waals surface area (Å²) >= 11 is 6.08. The van der Waals surface area contributed by atoms with E-state index in [9.17, 15) is 4.79 Å². The number of benzene rings is 2. The molecule has 0 radical (unpaired) electrons. The van der Waals surface area contributed by atoms with E-state index in [0.717, 1.165) is 40.1 Å². The van der Waals surface area contributed by atoms with Crippen LogP contribution in [0.1, 0.15) is 30.3 Å². The molecule has 24 heavy (non-hydrogen) atoms. The van der Waals surface area contributed by atoms with Crippen molar-refractivity contribution in [3.63, 3.8) is 0 Å². The van der Waals surface area contributed by atoms with Gasteiger partial charge in [0.05, 0.1) is 11.0 Å². The molecule has 5 heteroatoms. The number of hydrogen-bond donors (Lipinski definition) is 2. The lowest BCUT2D eigenvalue weighted by molar-refractivity contribution is -0.116. The Morgan fingerprint density at radius 3 is 2.83 bits per heavy atom. The van der Waals surface area contributed by atoms with Gasteiger partial charge in [-0.15, -0.1) is 0 Å². The minimum absolute atomic E-state index is 0.0196. The van der Waals surface area contributed by atoms with Gasteiger partial charge in [-0.1, -0.05) is 30.7 Å². The first-order valence-electron chi connectivity index (χ1n) is 8.08. The van der Waals surface area contributed by atoms with E-state index >= 15 is 0 Å². The van der Waals surface area contributed by atoms with Gasteiger partial charge >= 0.3 is 0 Å². The third kappa shape index (κ3) is 3.77. The number of fused-ring (bicyclic) bond motifs is 1. The van der Waals surface area contributed by atoms with E-state index in [1.165, 1.54) is 0 Å². The van der Waals surface area contributed by atoms with Crippen molar-refractivity contribution in [2.45, 2.75) is 33.1 Å². The molecule has 0 spiro atoms. The van der Waals surface area contributed by atoms with Gasteiger partial charge in [0, 0.05) is 23.6 Å². The van der Waals surface area contributed by atoms with Crippen molar-refractivity contribution in [1.82, 2.24) is 9.97 Å². The number of anilines is 1. The van der Waals surface area contributed by atoms with Crippen LogP contribution in [-0.2, 0) is 17.6 Å². The number of imidazole rings is 1. The summed E-state index contributed by atoms with van der Waals surface area (Å²) in [6, 6.07) is 11.6. The number of amides is 1. The molecule has 0 unspecified atom stereocenters. The maximum atomic E-state index is 12.1. The van der Waals surface area contributed by atoms with Crippen molar-refractivity contribution in [3.8, 4) is 0 Å². The zero-order chi connectivity index (χ0) is 17.1. The molecule has 0 aliphatic heterocycles. The first-order chi connectivity index (χ1) is 11.5. The molecule has 0 aliphatic carbocycles. The molecule has 124 valence electrons. The first-order valence-corrected chi connectivity index (χ1v) is 8.46. The maximum absolute atomic E-state index is 12.1. The molecule has 3 rings (SSSR count). The van der Waals surface area contributed by atoms with Crippen LogP contribution in [0.2, 0.25) is 5.02 Å². The molecule has 0 bridgehead atoms. The van der Waals surface area contributed by atoms with Crippen LogP contribution in [0.15, 0.2) is 36.4 Å². The fourth-order valence-corrected chi connectivity index (χ4v) is 2.77. The lowest BCUT2D eigenvalue weighted by atomic mass is 10.1. The number of nitrogens with zero attached hydrogens (tertiary/aromatic N) is 1. The molecule has 1 heterocycles. The third-order valence-electron chi connectivity index (χ3n) is 4.03. The van der Waals surface area contributed by atoms with E-state index in [1.54, 1.807) is 6.07 Å². The normalized spacial score (nSPS) is 11.0. The van der Waals surface area contributed by atoms with Gasteiger partial charge < -0.3 is 10.3 Å². The van der Waals surface area contributed by atoms with Crippen molar-refractivity contribution in [2.75, 3.05) is 5.32 Å². The van der Waals surface area contributed by atoms with E-state index in [4.69, 9.17) is 11.6 Å². The molecule has 0 saturated carbocycles. The van der Waals surface area contributed by atoms with E-state index < -0.39 is 0 Å². The first kappa shape index (κ1) is 16.5. The van der Waals surface area contributed by atoms with Crippen molar-refractivity contribution in [1.29, 1.82) is 0 Å². The van der Waals surface area contributed by atoms with E-state index in [-0.39, 0.29) is 5.91 Å². The predicted octanol–water partition coefficient (Wildman–Crippen LogP) is 4.66. The molecule has 2 aromatic carbocycles. The number of carbonyl (C=O) groups is 1. The van der Waals surface area contributed by atoms with Crippen LogP contribution in [0.4, 0.5) is 5.69 Å². The predicted molar refractivity (Wildman–Crippen MR) is 98.6 cm³/mol. The summed E-state index contributed by atoms with van der Waals surface area (Å²) in [7, 11) is 0. The highest BCUT2D eigenvalue weighted by molar-refractivity contribution is 6.31. The average Bonchev–Trinajstić information content (AvgIpc) is 2.98. The Bertz CT molecular complexity index is 885. The van der Waals surface area contributed by atoms with Crippen LogP contribution in [0.25, 0.3) is 11.0 Å². The van der Waals surface area contributed by atoms with Gasteiger partial charge in [-0.25, -0.2) is 4.98 Å². The molecule has 3 aromatic rings. The van der Waals surface area contributed by atoms with E-state index in [1.807, 2.05) is 31.2 Å². The second-order valence-electron chi connectivity index (χ2n) is 5.90. The molecule has 0 fully saturated rings. The van der Waals surface area contributed by atoms with Crippen molar-refractivity contribution in [3.05, 3.63) is 58.4 Å². The quantitative estimate of drug-likeness (QED) is 0.709. The Hall–Kier alpha value is -2.33. The summed E-state index contributed by atoms with van der Waals surface area (Å²) in [4.78, 5) is 19.9. The number of rotatable bonds is 5. The molecule has 1 amide bonds. The molecule has 0 saturated heterocycles. The smallest absolute Gasteiger partial charge is 0.224 e. The number of halogens is 1. The summed E-state index contributed by atoms with van der Waals surface area (Å²) in [6.07, 6.45) is 1.99. The second kappa shape index (κ2) is 7.05. The van der Waals surface area contributed by atoms with Gasteiger partial charge in [0.25, 0.3) is 0 Å². The van der Waals surface area contributed by atoms with Crippen molar-refractivity contribution < 1.29 is 4.79 Å². The SMILES string of the molecule is CCc1nc2ccc(CCC(=O)Nc3ccc(C)c(Cl)c3)cc2[nH]1. The number of nitrogens with one attached hydrogen (secondary N) is 2. The Kier molecular flexibility index (Phi) is 4.86. The Morgan fingerprint density at radius 2 is 2.08 bits per heavy atom. The fourth-order valence-electron chi connectivity index (χ4n) is 2.58. The number of carbonyl (C=O) groups excluding carboxylic acids is 1. The lowest BCUT2D eigenvalue weighted by Gasteiger charge is -2.07. The molecule has 2 N–H and O–H groups in total. The van der Waals surface area contributed by atoms with Crippen LogP contribution in [-0.4, -0.2) is 15.9 Å². The number of aromatic amines is 1. The summed E-state index contributed by atoms with van der Waals surface area (Å²) in [5, 5.41) is 3.54. The average molecular weight is 342 g/mol. The van der Waals surface area contributed by atoms with Crippen molar-refractivity contribution in [2.24, 2.45) is 0 Å². The van der Waals surface area contributed by atoms with Crippen LogP contribution < -0.4 is 5.32 Å². The zero-order valence-electron chi connectivity index (χ0n) is 13.8. The van der Waals surface area contributed by atoms with Gasteiger partial charge in [0.15, 0.2) is 0 Å². The summed E-state index contributed by atoms with van der Waals surface area (Å²) in [5.74, 6) is 0.963. The highest BCUT2D eigenvalue weighted by Gasteiger charge is 2.07. The number of aromatic nitrogens is 2. The highest BCUT2D eigenvalue weighted by atomic mass is 35.5. The third-order valence-corrected chi connectivity index (χ3v) is 4.43. The van der Waals surface area contributed by atoms with Gasteiger partial charge in [-0.05, 0) is 48.7 Å². The van der Waals surface area contributed by atoms with E-state index in [0.29, 0.717) is 17.9 Å². The summed E-state index contributed by atoms with van der Waals surface area (Å²) in [6.45, 7) is 4.00. The fraction of sp³-hybridized carbons (Fsp3) is 0.263. The van der Waals surface area contributed by atoms with Crippen LogP contribution in [0.3, 0.4) is 0 Å². The number of H-pyrrole nitrogens is 1. The molecular formula is C19H20ClN3O. The van der Waals surface area contributed by atoms with Crippen LogP contribution >= 0.6 is 11.6 Å². The zero-order valence-corrected chi connectivity index (χ0v) is 14.6. The Balaban J connectivity index is 1.62. The standard InChI is InChI=1S/C19H20ClN3O/c1-3-18-22-16-8-5-13(10-17(16)23-18)6-9-19(24)21-14-7-4-12(2)15(20)11-14/h4-5,7-8,10-11H,3,6,9H2,1-2H3,(H,21,24)(H,22,23). The Labute approximate surface area is 146 Å². The molecule has 0 aliphatic rings. The molecular weight excluding hydrogens is 322 g/mol. The highest BCUT2D eigenvalue weighted by Crippen LogP contribution is 2.20. The number of hydrogen-bond acceptors (Lipinski definition) is 2. The van der Waals surface area contributed by atoms with Gasteiger partial charge in [-0.3, -0.25) is 4.79 Å². The van der Waals surface area contributed by atoms with Crippen LogP contribution in [0.5, 0.6) is 0 Å². The lowest BCUT2D eigenvalue weighted by Crippen LogP contribution is -2.12. The topological polar surface area (TPSA) is 57.8 Å². The van der Waals surface area contributed by atoms with E-state index in [2.05, 4.69) is 28.3 Å². The van der Waals surface area contributed by atoms with Crippen LogP contribution in [0, 0.1) is 6.92 Å².